The fourth-order valence-corrected chi connectivity index (χ4v) is 3.61. The van der Waals surface area contributed by atoms with Crippen molar-refractivity contribution >= 4 is 22.7 Å². The van der Waals surface area contributed by atoms with Crippen LogP contribution in [0.25, 0.3) is 22.4 Å². The third-order valence-electron chi connectivity index (χ3n) is 4.39. The monoisotopic (exact) mass is 363 g/mol. The highest BCUT2D eigenvalue weighted by Gasteiger charge is 2.12. The second-order valence-corrected chi connectivity index (χ2v) is 7.04. The Kier molecular flexibility index (Phi) is 4.34. The summed E-state index contributed by atoms with van der Waals surface area (Å²) in [7, 11) is 0. The van der Waals surface area contributed by atoms with Crippen molar-refractivity contribution in [1.82, 2.24) is 15.2 Å². The smallest absolute Gasteiger partial charge is 0.336 e. The quantitative estimate of drug-likeness (QED) is 0.427. The van der Waals surface area contributed by atoms with Crippen molar-refractivity contribution in [2.24, 2.45) is 0 Å². The van der Waals surface area contributed by atoms with Crippen molar-refractivity contribution in [3.63, 3.8) is 0 Å². The van der Waals surface area contributed by atoms with Crippen molar-refractivity contribution in [3.8, 4) is 11.4 Å². The Morgan fingerprint density at radius 1 is 1.12 bits per heavy atom. The zero-order valence-electron chi connectivity index (χ0n) is 14.4. The van der Waals surface area contributed by atoms with Crippen LogP contribution in [-0.4, -0.2) is 15.2 Å². The van der Waals surface area contributed by atoms with Crippen LogP contribution in [0.1, 0.15) is 16.7 Å². The predicted molar refractivity (Wildman–Crippen MR) is 103 cm³/mol. The van der Waals surface area contributed by atoms with Crippen molar-refractivity contribution in [3.05, 3.63) is 75.6 Å². The average molecular weight is 363 g/mol. The number of hydrogen-bond acceptors (Lipinski definition) is 5. The van der Waals surface area contributed by atoms with E-state index in [1.54, 1.807) is 6.07 Å². The van der Waals surface area contributed by atoms with Gasteiger partial charge < -0.3 is 4.42 Å². The first-order valence-electron chi connectivity index (χ1n) is 8.25. The van der Waals surface area contributed by atoms with Gasteiger partial charge in [-0.3, -0.25) is 5.10 Å². The molecule has 0 fully saturated rings. The first-order valence-corrected chi connectivity index (χ1v) is 9.24. The van der Waals surface area contributed by atoms with Gasteiger partial charge in [0.2, 0.25) is 5.16 Å². The molecule has 0 spiro atoms. The van der Waals surface area contributed by atoms with E-state index < -0.39 is 0 Å². The van der Waals surface area contributed by atoms with Crippen LogP contribution in [-0.2, 0) is 5.75 Å². The number of nitrogens with zero attached hydrogens (tertiary/aromatic N) is 2. The molecule has 2 aromatic carbocycles. The van der Waals surface area contributed by atoms with Gasteiger partial charge in [0.1, 0.15) is 5.58 Å². The lowest BCUT2D eigenvalue weighted by Gasteiger charge is -2.08. The Balaban J connectivity index is 1.62. The Labute approximate surface area is 154 Å². The second-order valence-electron chi connectivity index (χ2n) is 6.10. The van der Waals surface area contributed by atoms with Crippen molar-refractivity contribution in [2.75, 3.05) is 0 Å². The molecule has 0 atom stereocenters. The lowest BCUT2D eigenvalue weighted by Crippen LogP contribution is -2.01. The topological polar surface area (TPSA) is 71.8 Å². The standard InChI is InChI=1S/C20H17N3O2S/c1-12-8-9-16-15(10-17(24)25-18(16)13(12)2)11-26-20-21-19(22-23-20)14-6-4-3-5-7-14/h3-10H,11H2,1-2H3,(H,21,22,23). The van der Waals surface area contributed by atoms with Gasteiger partial charge in [-0.15, -0.1) is 5.10 Å². The summed E-state index contributed by atoms with van der Waals surface area (Å²) in [6, 6.07) is 15.5. The molecular formula is C20H17N3O2S. The van der Waals surface area contributed by atoms with Crippen LogP contribution in [0.5, 0.6) is 0 Å². The van der Waals surface area contributed by atoms with E-state index in [0.717, 1.165) is 33.5 Å². The molecular weight excluding hydrogens is 346 g/mol. The average Bonchev–Trinajstić information content (AvgIpc) is 3.13. The molecule has 6 heteroatoms. The van der Waals surface area contributed by atoms with Crippen molar-refractivity contribution < 1.29 is 4.42 Å². The highest BCUT2D eigenvalue weighted by Crippen LogP contribution is 2.28. The van der Waals surface area contributed by atoms with E-state index in [-0.39, 0.29) is 5.63 Å². The molecule has 2 aromatic heterocycles. The summed E-state index contributed by atoms with van der Waals surface area (Å²) in [5.74, 6) is 1.33. The maximum absolute atomic E-state index is 12.0. The lowest BCUT2D eigenvalue weighted by molar-refractivity contribution is 0.557. The van der Waals surface area contributed by atoms with E-state index in [4.69, 9.17) is 4.42 Å². The number of thioether (sulfide) groups is 1. The summed E-state index contributed by atoms with van der Waals surface area (Å²) in [6.07, 6.45) is 0. The number of hydrogen-bond donors (Lipinski definition) is 1. The van der Waals surface area contributed by atoms with Gasteiger partial charge in [0, 0.05) is 22.8 Å². The maximum Gasteiger partial charge on any atom is 0.336 e. The van der Waals surface area contributed by atoms with Gasteiger partial charge >= 0.3 is 5.63 Å². The molecule has 0 saturated heterocycles. The first-order chi connectivity index (χ1) is 12.6. The van der Waals surface area contributed by atoms with Crippen LogP contribution in [0.15, 0.2) is 62.9 Å². The Morgan fingerprint density at radius 3 is 2.73 bits per heavy atom. The number of aromatic amines is 1. The fourth-order valence-electron chi connectivity index (χ4n) is 2.82. The van der Waals surface area contributed by atoms with Gasteiger partial charge in [-0.25, -0.2) is 9.78 Å². The molecule has 26 heavy (non-hydrogen) atoms. The highest BCUT2D eigenvalue weighted by molar-refractivity contribution is 7.98. The number of aromatic nitrogens is 3. The van der Waals surface area contributed by atoms with E-state index in [9.17, 15) is 4.79 Å². The molecule has 5 nitrogen and oxygen atoms in total. The SMILES string of the molecule is Cc1ccc2c(CSc3n[nH]c(-c4ccccc4)n3)cc(=O)oc2c1C. The molecule has 0 radical (unpaired) electrons. The number of fused-ring (bicyclic) bond motifs is 1. The Bertz CT molecular complexity index is 1130. The van der Waals surface area contributed by atoms with E-state index >= 15 is 0 Å². The molecule has 0 aliphatic rings. The second kappa shape index (κ2) is 6.80. The molecule has 0 aliphatic carbocycles. The number of H-pyrrole nitrogens is 1. The summed E-state index contributed by atoms with van der Waals surface area (Å²) in [4.78, 5) is 16.5. The van der Waals surface area contributed by atoms with E-state index in [1.807, 2.05) is 56.3 Å². The van der Waals surface area contributed by atoms with Gasteiger partial charge in [-0.05, 0) is 30.5 Å². The molecule has 4 aromatic rings. The number of aryl methyl sites for hydroxylation is 2. The molecule has 0 aliphatic heterocycles. The Morgan fingerprint density at radius 2 is 1.92 bits per heavy atom. The predicted octanol–water partition coefficient (Wildman–Crippen LogP) is 4.49. The summed E-state index contributed by atoms with van der Waals surface area (Å²) >= 11 is 1.49. The molecule has 0 saturated carbocycles. The minimum Gasteiger partial charge on any atom is -0.422 e. The van der Waals surface area contributed by atoms with Gasteiger partial charge in [0.05, 0.1) is 0 Å². The van der Waals surface area contributed by atoms with Crippen molar-refractivity contribution in [1.29, 1.82) is 0 Å². The molecule has 2 heterocycles. The minimum absolute atomic E-state index is 0.332. The van der Waals surface area contributed by atoms with Crippen LogP contribution < -0.4 is 5.63 Å². The zero-order valence-corrected chi connectivity index (χ0v) is 15.3. The molecule has 1 N–H and O–H groups in total. The highest BCUT2D eigenvalue weighted by atomic mass is 32.2. The molecule has 0 bridgehead atoms. The van der Waals surface area contributed by atoms with Crippen LogP contribution in [0.2, 0.25) is 0 Å². The van der Waals surface area contributed by atoms with Gasteiger partial charge in [-0.1, -0.05) is 54.2 Å². The van der Waals surface area contributed by atoms with Crippen molar-refractivity contribution in [2.45, 2.75) is 24.8 Å². The third kappa shape index (κ3) is 3.15. The number of rotatable bonds is 4. The van der Waals surface area contributed by atoms with Crippen LogP contribution >= 0.6 is 11.8 Å². The van der Waals surface area contributed by atoms with Gasteiger partial charge in [-0.2, -0.15) is 0 Å². The fraction of sp³-hybridized carbons (Fsp3) is 0.150. The maximum atomic E-state index is 12.0. The molecule has 0 unspecified atom stereocenters. The number of benzene rings is 2. The summed E-state index contributed by atoms with van der Waals surface area (Å²) in [6.45, 7) is 3.98. The summed E-state index contributed by atoms with van der Waals surface area (Å²) in [5, 5.41) is 8.83. The first kappa shape index (κ1) is 16.6. The lowest BCUT2D eigenvalue weighted by atomic mass is 10.0. The third-order valence-corrected chi connectivity index (χ3v) is 5.28. The van der Waals surface area contributed by atoms with E-state index in [0.29, 0.717) is 16.5 Å². The molecule has 4 rings (SSSR count). The van der Waals surface area contributed by atoms with Crippen LogP contribution in [0.4, 0.5) is 0 Å². The largest absolute Gasteiger partial charge is 0.422 e. The summed E-state index contributed by atoms with van der Waals surface area (Å²) < 4.78 is 5.43. The molecule has 130 valence electrons. The number of nitrogens with one attached hydrogen (secondary N) is 1. The van der Waals surface area contributed by atoms with E-state index in [1.165, 1.54) is 11.8 Å². The van der Waals surface area contributed by atoms with Gasteiger partial charge in [0.15, 0.2) is 5.82 Å². The normalized spacial score (nSPS) is 11.2. The van der Waals surface area contributed by atoms with Crippen LogP contribution in [0, 0.1) is 13.8 Å². The van der Waals surface area contributed by atoms with Gasteiger partial charge in [0.25, 0.3) is 0 Å². The Hall–Kier alpha value is -2.86. The molecule has 0 amide bonds. The van der Waals surface area contributed by atoms with Crippen LogP contribution in [0.3, 0.4) is 0 Å². The summed E-state index contributed by atoms with van der Waals surface area (Å²) in [5.41, 5.74) is 4.34. The zero-order chi connectivity index (χ0) is 18.1. The minimum atomic E-state index is -0.332. The van der Waals surface area contributed by atoms with E-state index in [2.05, 4.69) is 15.2 Å².